The summed E-state index contributed by atoms with van der Waals surface area (Å²) < 4.78 is 10.9. The summed E-state index contributed by atoms with van der Waals surface area (Å²) in [6.07, 6.45) is 0. The van der Waals surface area contributed by atoms with Gasteiger partial charge in [0.25, 0.3) is 0 Å². The largest absolute Gasteiger partial charge is 0.489 e. The molecule has 1 saturated heterocycles. The van der Waals surface area contributed by atoms with Crippen LogP contribution in [0.4, 0.5) is 0 Å². The second-order valence-corrected chi connectivity index (χ2v) is 6.26. The molecule has 0 atom stereocenters. The molecule has 1 heterocycles. The van der Waals surface area contributed by atoms with Crippen molar-refractivity contribution in [3.8, 4) is 5.75 Å². The highest BCUT2D eigenvalue weighted by molar-refractivity contribution is 6.02. The lowest BCUT2D eigenvalue weighted by Gasteiger charge is -2.39. The zero-order valence-corrected chi connectivity index (χ0v) is 13.7. The molecule has 0 amide bonds. The van der Waals surface area contributed by atoms with Gasteiger partial charge in [-0.15, -0.1) is 0 Å². The minimum absolute atomic E-state index is 0.126. The van der Waals surface area contributed by atoms with Crippen molar-refractivity contribution in [2.45, 2.75) is 26.3 Å². The predicted octanol–water partition coefficient (Wildman–Crippen LogP) is 2.94. The molecule has 0 N–H and O–H groups in total. The first-order valence-electron chi connectivity index (χ1n) is 7.66. The molecule has 4 heteroatoms. The molecule has 1 aromatic carbocycles. The van der Waals surface area contributed by atoms with Crippen molar-refractivity contribution in [3.05, 3.63) is 42.0 Å². The van der Waals surface area contributed by atoms with Crippen LogP contribution in [0.25, 0.3) is 0 Å². The Kier molecular flexibility index (Phi) is 5.37. The highest BCUT2D eigenvalue weighted by atomic mass is 16.5. The average Bonchev–Trinajstić information content (AvgIpc) is 2.53. The molecule has 0 spiro atoms. The number of nitrogens with zero attached hydrogens (tertiary/aromatic N) is 1. The maximum atomic E-state index is 12.8. The lowest BCUT2D eigenvalue weighted by Crippen LogP contribution is -2.54. The van der Waals surface area contributed by atoms with Gasteiger partial charge in [-0.3, -0.25) is 9.69 Å². The Balaban J connectivity index is 2.06. The van der Waals surface area contributed by atoms with Gasteiger partial charge in [0.1, 0.15) is 12.4 Å². The summed E-state index contributed by atoms with van der Waals surface area (Å²) in [7, 11) is 0. The molecule has 1 aliphatic heterocycles. The van der Waals surface area contributed by atoms with E-state index in [-0.39, 0.29) is 5.78 Å². The van der Waals surface area contributed by atoms with Crippen LogP contribution in [-0.2, 0) is 4.74 Å². The van der Waals surface area contributed by atoms with Crippen LogP contribution < -0.4 is 4.74 Å². The third kappa shape index (κ3) is 3.96. The number of ketones is 1. The molecular weight excluding hydrogens is 278 g/mol. The first kappa shape index (κ1) is 16.7. The van der Waals surface area contributed by atoms with Crippen molar-refractivity contribution in [3.63, 3.8) is 0 Å². The minimum Gasteiger partial charge on any atom is -0.489 e. The molecule has 1 fully saturated rings. The van der Waals surface area contributed by atoms with Crippen LogP contribution in [0.1, 0.15) is 31.1 Å². The van der Waals surface area contributed by atoms with Crippen LogP contribution in [0.5, 0.6) is 5.75 Å². The van der Waals surface area contributed by atoms with E-state index in [1.54, 1.807) is 0 Å². The van der Waals surface area contributed by atoms with Crippen LogP contribution >= 0.6 is 0 Å². The van der Waals surface area contributed by atoms with Gasteiger partial charge in [0.15, 0.2) is 5.78 Å². The predicted molar refractivity (Wildman–Crippen MR) is 87.6 cm³/mol. The summed E-state index contributed by atoms with van der Waals surface area (Å²) in [6.45, 7) is 13.1. The molecule has 0 radical (unpaired) electrons. The number of hydrogen-bond acceptors (Lipinski definition) is 4. The van der Waals surface area contributed by atoms with Gasteiger partial charge in [-0.2, -0.15) is 0 Å². The number of carbonyl (C=O) groups excluding carboxylic acids is 1. The molecule has 0 aromatic heterocycles. The van der Waals surface area contributed by atoms with Gasteiger partial charge in [-0.25, -0.2) is 0 Å². The molecule has 2 rings (SSSR count). The Labute approximate surface area is 132 Å². The molecule has 1 aromatic rings. The zero-order valence-electron chi connectivity index (χ0n) is 13.7. The molecule has 4 nitrogen and oxygen atoms in total. The number of morpholine rings is 1. The van der Waals surface area contributed by atoms with Gasteiger partial charge in [0.2, 0.25) is 0 Å². The topological polar surface area (TPSA) is 38.8 Å². The highest BCUT2D eigenvalue weighted by Gasteiger charge is 2.35. The van der Waals surface area contributed by atoms with Crippen molar-refractivity contribution in [1.29, 1.82) is 0 Å². The van der Waals surface area contributed by atoms with Gasteiger partial charge in [0, 0.05) is 18.7 Å². The Morgan fingerprint density at radius 3 is 2.41 bits per heavy atom. The first-order chi connectivity index (χ1) is 10.4. The maximum Gasteiger partial charge on any atom is 0.182 e. The third-order valence-electron chi connectivity index (χ3n) is 3.96. The van der Waals surface area contributed by atoms with E-state index in [0.29, 0.717) is 25.4 Å². The normalized spacial score (nSPS) is 16.3. The van der Waals surface area contributed by atoms with Crippen molar-refractivity contribution < 1.29 is 14.3 Å². The third-order valence-corrected chi connectivity index (χ3v) is 3.96. The van der Waals surface area contributed by atoms with E-state index in [9.17, 15) is 4.79 Å². The summed E-state index contributed by atoms with van der Waals surface area (Å²) in [5.41, 5.74) is 1.15. The Bertz CT molecular complexity index is 528. The van der Waals surface area contributed by atoms with Crippen LogP contribution in [0.3, 0.4) is 0 Å². The molecule has 0 aliphatic carbocycles. The van der Waals surface area contributed by atoms with E-state index < -0.39 is 5.54 Å². The summed E-state index contributed by atoms with van der Waals surface area (Å²) in [6, 6.07) is 7.34. The Morgan fingerprint density at radius 2 is 1.86 bits per heavy atom. The van der Waals surface area contributed by atoms with Crippen molar-refractivity contribution in [2.24, 2.45) is 0 Å². The zero-order chi connectivity index (χ0) is 16.2. The quantitative estimate of drug-likeness (QED) is 0.598. The molecule has 0 unspecified atom stereocenters. The SMILES string of the molecule is C=C(C)COc1ccc(C(=O)C(C)(C)N2CCOCC2)cc1. The Morgan fingerprint density at radius 1 is 1.27 bits per heavy atom. The maximum absolute atomic E-state index is 12.8. The number of rotatable bonds is 6. The number of Topliss-reactive ketones (excluding diaryl/α,β-unsaturated/α-hetero) is 1. The molecule has 22 heavy (non-hydrogen) atoms. The van der Waals surface area contributed by atoms with Crippen molar-refractivity contribution >= 4 is 5.78 Å². The van der Waals surface area contributed by atoms with Crippen molar-refractivity contribution in [2.75, 3.05) is 32.9 Å². The number of hydrogen-bond donors (Lipinski definition) is 0. The summed E-state index contributed by atoms with van der Waals surface area (Å²) in [5, 5.41) is 0. The second-order valence-electron chi connectivity index (χ2n) is 6.26. The molecule has 0 bridgehead atoms. The lowest BCUT2D eigenvalue weighted by molar-refractivity contribution is -0.00429. The van der Waals surface area contributed by atoms with E-state index in [0.717, 1.165) is 24.4 Å². The molecular formula is C18H25NO3. The number of ether oxygens (including phenoxy) is 2. The average molecular weight is 303 g/mol. The molecule has 0 saturated carbocycles. The first-order valence-corrected chi connectivity index (χ1v) is 7.66. The van der Waals surface area contributed by atoms with Crippen LogP contribution in [-0.4, -0.2) is 49.1 Å². The summed E-state index contributed by atoms with van der Waals surface area (Å²) >= 11 is 0. The highest BCUT2D eigenvalue weighted by Crippen LogP contribution is 2.23. The minimum atomic E-state index is -0.524. The molecule has 120 valence electrons. The van der Waals surface area contributed by atoms with Crippen LogP contribution in [0.2, 0.25) is 0 Å². The number of benzene rings is 1. The van der Waals surface area contributed by atoms with Crippen LogP contribution in [0.15, 0.2) is 36.4 Å². The van der Waals surface area contributed by atoms with Gasteiger partial charge in [-0.05, 0) is 50.6 Å². The standard InChI is InChI=1S/C18H25NO3/c1-14(2)13-22-16-7-5-15(6-8-16)17(20)18(3,4)19-9-11-21-12-10-19/h5-8H,1,9-13H2,2-4H3. The van der Waals surface area contributed by atoms with Gasteiger partial charge >= 0.3 is 0 Å². The van der Waals surface area contributed by atoms with Crippen molar-refractivity contribution in [1.82, 2.24) is 4.90 Å². The number of carbonyl (C=O) groups is 1. The smallest absolute Gasteiger partial charge is 0.182 e. The van der Waals surface area contributed by atoms with Gasteiger partial charge < -0.3 is 9.47 Å². The monoisotopic (exact) mass is 303 g/mol. The van der Waals surface area contributed by atoms with E-state index >= 15 is 0 Å². The van der Waals surface area contributed by atoms with Crippen LogP contribution in [0, 0.1) is 0 Å². The van der Waals surface area contributed by atoms with E-state index in [2.05, 4.69) is 11.5 Å². The van der Waals surface area contributed by atoms with Gasteiger partial charge in [0.05, 0.1) is 18.8 Å². The summed E-state index contributed by atoms with van der Waals surface area (Å²) in [4.78, 5) is 15.0. The summed E-state index contributed by atoms with van der Waals surface area (Å²) in [5.74, 6) is 0.879. The van der Waals surface area contributed by atoms with Gasteiger partial charge in [-0.1, -0.05) is 6.58 Å². The Hall–Kier alpha value is -1.65. The van der Waals surface area contributed by atoms with E-state index in [1.165, 1.54) is 0 Å². The fourth-order valence-electron chi connectivity index (χ4n) is 2.53. The fraction of sp³-hybridized carbons (Fsp3) is 0.500. The van der Waals surface area contributed by atoms with E-state index in [4.69, 9.17) is 9.47 Å². The second kappa shape index (κ2) is 7.07. The van der Waals surface area contributed by atoms with E-state index in [1.807, 2.05) is 45.0 Å². The molecule has 1 aliphatic rings. The lowest BCUT2D eigenvalue weighted by atomic mass is 9.91. The fourth-order valence-corrected chi connectivity index (χ4v) is 2.53.